The monoisotopic (exact) mass is 550 g/mol. The Labute approximate surface area is 228 Å². The molecule has 4 fully saturated rings. The average Bonchev–Trinajstić information content (AvgIpc) is 2.95. The van der Waals surface area contributed by atoms with E-state index in [0.717, 1.165) is 49.3 Å². The van der Waals surface area contributed by atoms with E-state index in [0.29, 0.717) is 42.9 Å². The normalized spacial score (nSPS) is 26.0. The lowest BCUT2D eigenvalue weighted by molar-refractivity contribution is 0.0620. The van der Waals surface area contributed by atoms with Crippen molar-refractivity contribution < 1.29 is 19.1 Å². The number of carbonyl (C=O) groups excluding carboxylic acids is 1. The van der Waals surface area contributed by atoms with Crippen molar-refractivity contribution in [2.45, 2.75) is 56.7 Å². The van der Waals surface area contributed by atoms with Gasteiger partial charge in [-0.3, -0.25) is 14.2 Å². The Morgan fingerprint density at radius 1 is 1.00 bits per heavy atom. The van der Waals surface area contributed by atoms with Crippen LogP contribution in [-0.2, 0) is 0 Å². The van der Waals surface area contributed by atoms with Crippen LogP contribution in [0.3, 0.4) is 0 Å². The number of pyridine rings is 1. The molecule has 2 amide bonds. The number of nitrogens with zero attached hydrogens (tertiary/aromatic N) is 4. The zero-order chi connectivity index (χ0) is 28.0. The van der Waals surface area contributed by atoms with E-state index in [1.165, 1.54) is 4.57 Å². The number of nitrogens with one attached hydrogen (secondary N) is 2. The van der Waals surface area contributed by atoms with Gasteiger partial charge in [0.2, 0.25) is 0 Å². The molecule has 7 rings (SSSR count). The Morgan fingerprint density at radius 2 is 1.75 bits per heavy atom. The molecule has 0 spiro atoms. The molecule has 12 heteroatoms. The van der Waals surface area contributed by atoms with Crippen molar-refractivity contribution in [2.75, 3.05) is 19.6 Å². The fourth-order valence-corrected chi connectivity index (χ4v) is 6.56. The van der Waals surface area contributed by atoms with Gasteiger partial charge in [0.05, 0.1) is 17.3 Å². The summed E-state index contributed by atoms with van der Waals surface area (Å²) < 4.78 is 16.6. The zero-order valence-electron chi connectivity index (χ0n) is 21.9. The molecule has 4 aliphatic rings. The SMILES string of the molecule is O=C(O)N[C@H]1CC[C@@H](n2c(=O)c3cc(F)cnc3n(-c3cccc(C(=O)NC4CN5CCC4CC5)c3)c2=O)CC1. The first-order valence-corrected chi connectivity index (χ1v) is 13.7. The van der Waals surface area contributed by atoms with E-state index in [9.17, 15) is 23.6 Å². The van der Waals surface area contributed by atoms with Crippen LogP contribution in [0.1, 0.15) is 54.9 Å². The van der Waals surface area contributed by atoms with E-state index in [1.54, 1.807) is 24.3 Å². The maximum absolute atomic E-state index is 14.2. The second-order valence-electron chi connectivity index (χ2n) is 11.0. The van der Waals surface area contributed by atoms with Gasteiger partial charge in [0.1, 0.15) is 5.82 Å². The summed E-state index contributed by atoms with van der Waals surface area (Å²) in [5, 5.41) is 14.6. The van der Waals surface area contributed by atoms with Gasteiger partial charge in [-0.15, -0.1) is 0 Å². The lowest BCUT2D eigenvalue weighted by atomic mass is 9.84. The van der Waals surface area contributed by atoms with Gasteiger partial charge in [-0.25, -0.2) is 23.5 Å². The highest BCUT2D eigenvalue weighted by atomic mass is 19.1. The van der Waals surface area contributed by atoms with Crippen LogP contribution in [0, 0.1) is 11.7 Å². The van der Waals surface area contributed by atoms with Gasteiger partial charge in [0, 0.05) is 30.2 Å². The summed E-state index contributed by atoms with van der Waals surface area (Å²) in [5.41, 5.74) is -0.570. The first-order chi connectivity index (χ1) is 19.3. The van der Waals surface area contributed by atoms with Crippen molar-refractivity contribution in [3.63, 3.8) is 0 Å². The van der Waals surface area contributed by atoms with Gasteiger partial charge in [0.15, 0.2) is 5.65 Å². The van der Waals surface area contributed by atoms with Crippen LogP contribution in [0.15, 0.2) is 46.1 Å². The molecule has 1 saturated carbocycles. The van der Waals surface area contributed by atoms with Gasteiger partial charge >= 0.3 is 11.8 Å². The zero-order valence-corrected chi connectivity index (χ0v) is 21.9. The van der Waals surface area contributed by atoms with Gasteiger partial charge in [-0.05, 0) is 81.8 Å². The molecule has 210 valence electrons. The first-order valence-electron chi connectivity index (χ1n) is 13.7. The van der Waals surface area contributed by atoms with Crippen molar-refractivity contribution >= 4 is 23.0 Å². The van der Waals surface area contributed by atoms with Crippen LogP contribution >= 0.6 is 0 Å². The molecule has 3 N–H and O–H groups in total. The van der Waals surface area contributed by atoms with E-state index in [2.05, 4.69) is 20.5 Å². The molecule has 3 aliphatic heterocycles. The van der Waals surface area contributed by atoms with Crippen molar-refractivity contribution in [3.05, 3.63) is 68.7 Å². The summed E-state index contributed by atoms with van der Waals surface area (Å²) in [6.45, 7) is 2.94. The highest BCUT2D eigenvalue weighted by Crippen LogP contribution is 2.29. The number of hydrogen-bond acceptors (Lipinski definition) is 6. The standard InChI is InChI=1S/C28H31FN6O5/c29-18-13-22-24(30-14-18)34(28(40)35(26(22)37)20-6-4-19(5-7-20)31-27(38)39)21-3-1-2-17(12-21)25(36)32-23-15-33-10-8-16(23)9-11-33/h1-3,12-14,16,19-20,23,31H,4-11,15H2,(H,32,36)(H,38,39)/t19-,20+,23?. The third kappa shape index (κ3) is 4.87. The Hall–Kier alpha value is -4.06. The third-order valence-corrected chi connectivity index (χ3v) is 8.62. The predicted molar refractivity (Wildman–Crippen MR) is 144 cm³/mol. The van der Waals surface area contributed by atoms with Crippen LogP contribution in [0.2, 0.25) is 0 Å². The van der Waals surface area contributed by atoms with Crippen LogP contribution in [-0.4, -0.2) is 67.8 Å². The molecule has 2 aromatic heterocycles. The Morgan fingerprint density at radius 3 is 2.42 bits per heavy atom. The molecule has 1 aliphatic carbocycles. The van der Waals surface area contributed by atoms with Crippen LogP contribution in [0.4, 0.5) is 9.18 Å². The fraction of sp³-hybridized carbons (Fsp3) is 0.464. The molecular weight excluding hydrogens is 519 g/mol. The fourth-order valence-electron chi connectivity index (χ4n) is 6.56. The topological polar surface area (TPSA) is 139 Å². The van der Waals surface area contributed by atoms with Crippen molar-refractivity contribution in [1.82, 2.24) is 29.7 Å². The minimum absolute atomic E-state index is 0.00354. The minimum atomic E-state index is -1.12. The Bertz CT molecular complexity index is 1590. The minimum Gasteiger partial charge on any atom is -0.465 e. The summed E-state index contributed by atoms with van der Waals surface area (Å²) in [6.07, 6.45) is 3.67. The molecular formula is C28H31FN6O5. The number of carboxylic acid groups (broad SMARTS) is 1. The van der Waals surface area contributed by atoms with Crippen LogP contribution < -0.4 is 21.9 Å². The number of amides is 2. The maximum atomic E-state index is 14.2. The van der Waals surface area contributed by atoms with Crippen molar-refractivity contribution in [1.29, 1.82) is 0 Å². The lowest BCUT2D eigenvalue weighted by Crippen LogP contribution is -2.57. The van der Waals surface area contributed by atoms with Gasteiger partial charge in [-0.1, -0.05) is 6.07 Å². The summed E-state index contributed by atoms with van der Waals surface area (Å²) in [4.78, 5) is 58.1. The molecule has 5 heterocycles. The Balaban J connectivity index is 1.37. The number of carbonyl (C=O) groups is 2. The van der Waals surface area contributed by atoms with Crippen LogP contribution in [0.5, 0.6) is 0 Å². The molecule has 1 atom stereocenters. The molecule has 1 aromatic carbocycles. The van der Waals surface area contributed by atoms with E-state index in [-0.39, 0.29) is 29.0 Å². The number of halogens is 1. The predicted octanol–water partition coefficient (Wildman–Crippen LogP) is 2.26. The molecule has 0 radical (unpaired) electrons. The number of fused-ring (bicyclic) bond motifs is 4. The number of rotatable bonds is 5. The summed E-state index contributed by atoms with van der Waals surface area (Å²) in [5.74, 6) is -0.497. The average molecular weight is 551 g/mol. The second kappa shape index (κ2) is 10.5. The van der Waals surface area contributed by atoms with E-state index < -0.39 is 29.2 Å². The Kier molecular flexibility index (Phi) is 6.87. The molecule has 1 unspecified atom stereocenters. The largest absolute Gasteiger partial charge is 0.465 e. The number of aromatic nitrogens is 3. The smallest absolute Gasteiger partial charge is 0.404 e. The second-order valence-corrected chi connectivity index (χ2v) is 11.0. The van der Waals surface area contributed by atoms with Crippen molar-refractivity contribution in [2.24, 2.45) is 5.92 Å². The molecule has 2 bridgehead atoms. The quantitative estimate of drug-likeness (QED) is 0.443. The van der Waals surface area contributed by atoms with E-state index >= 15 is 0 Å². The van der Waals surface area contributed by atoms with Crippen LogP contribution in [0.25, 0.3) is 16.7 Å². The third-order valence-electron chi connectivity index (χ3n) is 8.62. The molecule has 40 heavy (non-hydrogen) atoms. The number of piperidine rings is 3. The van der Waals surface area contributed by atoms with Crippen molar-refractivity contribution in [3.8, 4) is 5.69 Å². The van der Waals surface area contributed by atoms with E-state index in [1.807, 2.05) is 0 Å². The summed E-state index contributed by atoms with van der Waals surface area (Å²) in [7, 11) is 0. The van der Waals surface area contributed by atoms with Gasteiger partial charge in [0.25, 0.3) is 11.5 Å². The number of hydrogen-bond donors (Lipinski definition) is 3. The molecule has 3 saturated heterocycles. The maximum Gasteiger partial charge on any atom is 0.404 e. The highest BCUT2D eigenvalue weighted by Gasteiger charge is 2.35. The first kappa shape index (κ1) is 26.2. The van der Waals surface area contributed by atoms with Gasteiger partial charge in [-0.2, -0.15) is 0 Å². The summed E-state index contributed by atoms with van der Waals surface area (Å²) in [6, 6.07) is 6.96. The summed E-state index contributed by atoms with van der Waals surface area (Å²) >= 11 is 0. The number of benzene rings is 1. The highest BCUT2D eigenvalue weighted by molar-refractivity contribution is 5.95. The molecule has 3 aromatic rings. The lowest BCUT2D eigenvalue weighted by Gasteiger charge is -2.44. The van der Waals surface area contributed by atoms with Gasteiger partial charge < -0.3 is 20.6 Å². The van der Waals surface area contributed by atoms with E-state index in [4.69, 9.17) is 5.11 Å². The molecule has 11 nitrogen and oxygen atoms in total.